The Morgan fingerprint density at radius 3 is 2.48 bits per heavy atom. The van der Waals surface area contributed by atoms with Crippen molar-refractivity contribution in [1.29, 1.82) is 0 Å². The van der Waals surface area contributed by atoms with Gasteiger partial charge >= 0.3 is 0 Å². The van der Waals surface area contributed by atoms with Crippen LogP contribution in [-0.2, 0) is 16.4 Å². The topological polar surface area (TPSA) is 127 Å². The zero-order valence-corrected chi connectivity index (χ0v) is 16.3. The number of carbonyl (C=O) groups excluding carboxylic acids is 1. The van der Waals surface area contributed by atoms with Crippen LogP contribution in [0.3, 0.4) is 0 Å². The highest BCUT2D eigenvalue weighted by Gasteiger charge is 2.09. The van der Waals surface area contributed by atoms with E-state index in [4.69, 9.17) is 5.14 Å². The molecule has 27 heavy (non-hydrogen) atoms. The van der Waals surface area contributed by atoms with Crippen molar-refractivity contribution in [2.24, 2.45) is 11.1 Å². The molecule has 0 radical (unpaired) electrons. The van der Waals surface area contributed by atoms with Crippen LogP contribution in [0, 0.1) is 5.92 Å². The minimum atomic E-state index is -3.70. The average Bonchev–Trinajstić information content (AvgIpc) is 2.61. The predicted molar refractivity (Wildman–Crippen MR) is 104 cm³/mol. The summed E-state index contributed by atoms with van der Waals surface area (Å²) in [6.45, 7) is 5.46. The molecule has 0 aliphatic heterocycles. The Labute approximate surface area is 159 Å². The molecule has 0 aliphatic carbocycles. The van der Waals surface area contributed by atoms with Crippen molar-refractivity contribution in [3.05, 3.63) is 47.9 Å². The second-order valence-electron chi connectivity index (χ2n) is 6.59. The summed E-state index contributed by atoms with van der Waals surface area (Å²) in [6, 6.07) is 7.87. The Kier molecular flexibility index (Phi) is 7.26. The number of nitrogens with two attached hydrogens (primary N) is 1. The van der Waals surface area contributed by atoms with Gasteiger partial charge in [-0.25, -0.2) is 23.5 Å². The second-order valence-corrected chi connectivity index (χ2v) is 8.15. The number of rotatable bonds is 9. The molecule has 0 spiro atoms. The zero-order chi connectivity index (χ0) is 19.9. The molecule has 1 amide bonds. The van der Waals surface area contributed by atoms with Crippen LogP contribution in [0.25, 0.3) is 0 Å². The fourth-order valence-corrected chi connectivity index (χ4v) is 2.84. The quantitative estimate of drug-likeness (QED) is 0.595. The first-order valence-electron chi connectivity index (χ1n) is 8.71. The van der Waals surface area contributed by atoms with Crippen LogP contribution < -0.4 is 15.8 Å². The van der Waals surface area contributed by atoms with Gasteiger partial charge in [0.25, 0.3) is 5.91 Å². The Morgan fingerprint density at radius 2 is 1.85 bits per heavy atom. The number of hydrogen-bond acceptors (Lipinski definition) is 6. The number of hydrogen-bond donors (Lipinski definition) is 3. The summed E-state index contributed by atoms with van der Waals surface area (Å²) in [6.07, 6.45) is 2.93. The normalized spacial score (nSPS) is 11.4. The zero-order valence-electron chi connectivity index (χ0n) is 15.5. The SMILES string of the molecule is CC(C)CCNc1cc(C(=O)NCCc2ccc(S(N)(=O)=O)cc2)ncn1. The molecule has 1 heterocycles. The van der Waals surface area contributed by atoms with Crippen molar-refractivity contribution >= 4 is 21.7 Å². The van der Waals surface area contributed by atoms with Crippen LogP contribution in [-0.4, -0.2) is 37.4 Å². The van der Waals surface area contributed by atoms with E-state index in [-0.39, 0.29) is 10.8 Å². The van der Waals surface area contributed by atoms with Crippen molar-refractivity contribution in [2.45, 2.75) is 31.6 Å². The van der Waals surface area contributed by atoms with Gasteiger partial charge in [0.05, 0.1) is 4.90 Å². The predicted octanol–water partition coefficient (Wildman–Crippen LogP) is 1.55. The van der Waals surface area contributed by atoms with Crippen LogP contribution in [0.4, 0.5) is 5.82 Å². The maximum absolute atomic E-state index is 12.2. The first-order valence-corrected chi connectivity index (χ1v) is 10.3. The average molecular weight is 391 g/mol. The van der Waals surface area contributed by atoms with Gasteiger partial charge in [-0.3, -0.25) is 4.79 Å². The summed E-state index contributed by atoms with van der Waals surface area (Å²) < 4.78 is 22.5. The summed E-state index contributed by atoms with van der Waals surface area (Å²) in [7, 11) is -3.70. The van der Waals surface area contributed by atoms with E-state index in [9.17, 15) is 13.2 Å². The first-order chi connectivity index (χ1) is 12.8. The third kappa shape index (κ3) is 6.95. The van der Waals surface area contributed by atoms with Gasteiger partial charge < -0.3 is 10.6 Å². The van der Waals surface area contributed by atoms with E-state index in [1.165, 1.54) is 18.5 Å². The Hall–Kier alpha value is -2.52. The van der Waals surface area contributed by atoms with Crippen LogP contribution in [0.15, 0.2) is 41.6 Å². The van der Waals surface area contributed by atoms with Gasteiger partial charge in [-0.15, -0.1) is 0 Å². The van der Waals surface area contributed by atoms with Gasteiger partial charge in [-0.2, -0.15) is 0 Å². The smallest absolute Gasteiger partial charge is 0.270 e. The van der Waals surface area contributed by atoms with E-state index in [1.807, 2.05) is 0 Å². The molecule has 0 aliphatic rings. The fraction of sp³-hybridized carbons (Fsp3) is 0.389. The van der Waals surface area contributed by atoms with E-state index < -0.39 is 10.0 Å². The maximum Gasteiger partial charge on any atom is 0.270 e. The van der Waals surface area contributed by atoms with Crippen molar-refractivity contribution in [3.8, 4) is 0 Å². The van der Waals surface area contributed by atoms with E-state index >= 15 is 0 Å². The number of carbonyl (C=O) groups is 1. The lowest BCUT2D eigenvalue weighted by molar-refractivity contribution is 0.0949. The summed E-state index contributed by atoms with van der Waals surface area (Å²) in [5, 5.41) is 11.0. The minimum absolute atomic E-state index is 0.0637. The molecule has 2 rings (SSSR count). The van der Waals surface area contributed by atoms with Crippen LogP contribution in [0.1, 0.15) is 36.3 Å². The molecule has 2 aromatic rings. The third-order valence-corrected chi connectivity index (χ3v) is 4.81. The number of nitrogens with zero attached hydrogens (tertiary/aromatic N) is 2. The van der Waals surface area contributed by atoms with Gasteiger partial charge in [0.2, 0.25) is 10.0 Å². The highest BCUT2D eigenvalue weighted by Crippen LogP contribution is 2.09. The number of primary sulfonamides is 1. The van der Waals surface area contributed by atoms with Crippen LogP contribution in [0.2, 0.25) is 0 Å². The summed E-state index contributed by atoms with van der Waals surface area (Å²) >= 11 is 0. The Balaban J connectivity index is 1.85. The number of nitrogens with one attached hydrogen (secondary N) is 2. The molecular weight excluding hydrogens is 366 g/mol. The lowest BCUT2D eigenvalue weighted by atomic mass is 10.1. The molecular formula is C18H25N5O3S. The van der Waals surface area contributed by atoms with Crippen LogP contribution in [0.5, 0.6) is 0 Å². The molecule has 0 unspecified atom stereocenters. The minimum Gasteiger partial charge on any atom is -0.370 e. The Bertz CT molecular complexity index is 867. The molecule has 8 nitrogen and oxygen atoms in total. The number of aromatic nitrogens is 2. The number of amides is 1. The summed E-state index contributed by atoms with van der Waals surface area (Å²) in [5.74, 6) is 0.918. The van der Waals surface area contributed by atoms with Gasteiger partial charge in [-0.1, -0.05) is 26.0 Å². The summed E-state index contributed by atoms with van der Waals surface area (Å²) in [5.41, 5.74) is 1.18. The standard InChI is InChI=1S/C18H25N5O3S/c1-13(2)7-9-20-17-11-16(22-12-23-17)18(24)21-10-8-14-3-5-15(6-4-14)27(19,25)26/h3-6,11-13H,7-10H2,1-2H3,(H,21,24)(H2,19,25,26)(H,20,22,23). The van der Waals surface area contributed by atoms with Gasteiger partial charge in [0.1, 0.15) is 17.8 Å². The highest BCUT2D eigenvalue weighted by molar-refractivity contribution is 7.89. The highest BCUT2D eigenvalue weighted by atomic mass is 32.2. The largest absolute Gasteiger partial charge is 0.370 e. The molecule has 146 valence electrons. The Morgan fingerprint density at radius 1 is 1.15 bits per heavy atom. The van der Waals surface area contributed by atoms with Crippen LogP contribution >= 0.6 is 0 Å². The summed E-state index contributed by atoms with van der Waals surface area (Å²) in [4.78, 5) is 20.4. The number of sulfonamides is 1. The van der Waals surface area contributed by atoms with Crippen molar-refractivity contribution in [2.75, 3.05) is 18.4 Å². The van der Waals surface area contributed by atoms with Crippen molar-refractivity contribution < 1.29 is 13.2 Å². The number of benzene rings is 1. The molecule has 0 fully saturated rings. The monoisotopic (exact) mass is 391 g/mol. The fourth-order valence-electron chi connectivity index (χ4n) is 2.32. The second kappa shape index (κ2) is 9.43. The van der Waals surface area contributed by atoms with Gasteiger partial charge in [0.15, 0.2) is 0 Å². The van der Waals surface area contributed by atoms with Crippen molar-refractivity contribution in [1.82, 2.24) is 15.3 Å². The maximum atomic E-state index is 12.2. The van der Waals surface area contributed by atoms with Gasteiger partial charge in [0, 0.05) is 19.2 Å². The van der Waals surface area contributed by atoms with E-state index in [0.717, 1.165) is 18.5 Å². The molecule has 0 saturated heterocycles. The molecule has 0 saturated carbocycles. The van der Waals surface area contributed by atoms with E-state index in [0.29, 0.717) is 30.4 Å². The third-order valence-electron chi connectivity index (χ3n) is 3.88. The lowest BCUT2D eigenvalue weighted by Crippen LogP contribution is -2.26. The van der Waals surface area contributed by atoms with E-state index in [2.05, 4.69) is 34.4 Å². The molecule has 1 aromatic carbocycles. The number of anilines is 1. The van der Waals surface area contributed by atoms with Crippen molar-refractivity contribution in [3.63, 3.8) is 0 Å². The van der Waals surface area contributed by atoms with E-state index in [1.54, 1.807) is 18.2 Å². The van der Waals surface area contributed by atoms with Gasteiger partial charge in [-0.05, 0) is 36.5 Å². The molecule has 4 N–H and O–H groups in total. The molecule has 9 heteroatoms. The first kappa shape index (κ1) is 20.8. The molecule has 0 bridgehead atoms. The molecule has 1 aromatic heterocycles. The lowest BCUT2D eigenvalue weighted by Gasteiger charge is -2.09. The molecule has 0 atom stereocenters.